The van der Waals surface area contributed by atoms with Gasteiger partial charge in [0.15, 0.2) is 0 Å². The summed E-state index contributed by atoms with van der Waals surface area (Å²) in [5.41, 5.74) is -1.27. The van der Waals surface area contributed by atoms with Gasteiger partial charge in [-0.05, 0) is 0 Å². The van der Waals surface area contributed by atoms with Gasteiger partial charge in [0.25, 0.3) is 0 Å². The van der Waals surface area contributed by atoms with Gasteiger partial charge in [-0.3, -0.25) is 14.9 Å². The van der Waals surface area contributed by atoms with Crippen LogP contribution in [0.4, 0.5) is 20.2 Å². The molecular weight excluding hydrogens is 236 g/mol. The summed E-state index contributed by atoms with van der Waals surface area (Å²) >= 11 is 0. The Bertz CT molecular complexity index is 465. The molecule has 92 valence electrons. The van der Waals surface area contributed by atoms with Gasteiger partial charge in [-0.25, -0.2) is 4.39 Å². The molecule has 6 nitrogen and oxygen atoms in total. The first-order chi connectivity index (χ1) is 7.95. The van der Waals surface area contributed by atoms with Crippen molar-refractivity contribution < 1.29 is 18.5 Å². The average molecular weight is 245 g/mol. The lowest BCUT2D eigenvalue weighted by Gasteiger charge is -2.06. The molecule has 0 aliphatic rings. The van der Waals surface area contributed by atoms with E-state index < -0.39 is 28.2 Å². The Hall–Kier alpha value is -2.25. The summed E-state index contributed by atoms with van der Waals surface area (Å²) in [6.45, 7) is -0.319. The first-order valence-corrected chi connectivity index (χ1v) is 4.53. The van der Waals surface area contributed by atoms with E-state index in [1.807, 2.05) is 0 Å². The molecule has 0 bridgehead atoms. The van der Waals surface area contributed by atoms with Crippen molar-refractivity contribution in [2.24, 2.45) is 0 Å². The van der Waals surface area contributed by atoms with Crippen LogP contribution in [0, 0.1) is 21.7 Å². The van der Waals surface area contributed by atoms with E-state index in [-0.39, 0.29) is 12.2 Å². The Morgan fingerprint density at radius 3 is 2.65 bits per heavy atom. The van der Waals surface area contributed by atoms with Crippen molar-refractivity contribution in [3.63, 3.8) is 0 Å². The largest absolute Gasteiger partial charge is 0.370 e. The van der Waals surface area contributed by atoms with Crippen molar-refractivity contribution in [1.82, 2.24) is 5.32 Å². The molecule has 0 spiro atoms. The van der Waals surface area contributed by atoms with E-state index in [4.69, 9.17) is 0 Å². The van der Waals surface area contributed by atoms with Crippen LogP contribution >= 0.6 is 0 Å². The normalized spacial score (nSPS) is 9.82. The van der Waals surface area contributed by atoms with Crippen molar-refractivity contribution in [1.29, 1.82) is 0 Å². The molecule has 0 aromatic heterocycles. The highest BCUT2D eigenvalue weighted by atomic mass is 19.1. The van der Waals surface area contributed by atoms with Gasteiger partial charge in [0.1, 0.15) is 11.5 Å². The van der Waals surface area contributed by atoms with E-state index in [0.29, 0.717) is 6.07 Å². The fraction of sp³-hybridized carbons (Fsp3) is 0.222. The monoisotopic (exact) mass is 245 g/mol. The molecule has 1 aromatic rings. The van der Waals surface area contributed by atoms with E-state index in [0.717, 1.165) is 6.07 Å². The molecule has 0 heterocycles. The van der Waals surface area contributed by atoms with Crippen LogP contribution in [0.1, 0.15) is 0 Å². The molecule has 0 aliphatic carbocycles. The summed E-state index contributed by atoms with van der Waals surface area (Å²) in [5.74, 6) is -2.73. The van der Waals surface area contributed by atoms with E-state index in [1.165, 1.54) is 7.05 Å². The van der Waals surface area contributed by atoms with Gasteiger partial charge < -0.3 is 10.6 Å². The lowest BCUT2D eigenvalue weighted by molar-refractivity contribution is -0.386. The second-order valence-corrected chi connectivity index (χ2v) is 3.07. The Morgan fingerprint density at radius 2 is 2.12 bits per heavy atom. The summed E-state index contributed by atoms with van der Waals surface area (Å²) in [7, 11) is 1.37. The van der Waals surface area contributed by atoms with Crippen molar-refractivity contribution >= 4 is 17.3 Å². The lowest BCUT2D eigenvalue weighted by Crippen LogP contribution is -2.26. The summed E-state index contributed by atoms with van der Waals surface area (Å²) < 4.78 is 26.0. The number of hydrogen-bond acceptors (Lipinski definition) is 4. The molecule has 1 amide bonds. The quantitative estimate of drug-likeness (QED) is 0.613. The number of likely N-dealkylation sites (N-methyl/N-ethyl adjacent to an activating group) is 1. The standard InChI is InChI=1S/C9H9F2N3O3/c1-12-8(15)4-13-7-3-5(10)2-6(11)9(7)14(16)17/h2-3,13H,4H2,1H3,(H,12,15). The van der Waals surface area contributed by atoms with Crippen LogP contribution in [-0.2, 0) is 4.79 Å². The average Bonchev–Trinajstić information content (AvgIpc) is 2.24. The number of carbonyl (C=O) groups is 1. The minimum absolute atomic E-state index is 0.319. The van der Waals surface area contributed by atoms with E-state index >= 15 is 0 Å². The molecule has 0 aliphatic heterocycles. The molecule has 0 unspecified atom stereocenters. The number of nitrogens with zero attached hydrogens (tertiary/aromatic N) is 1. The van der Waals surface area contributed by atoms with Gasteiger partial charge in [0.05, 0.1) is 11.5 Å². The number of hydrogen-bond donors (Lipinski definition) is 2. The number of halogens is 2. The third kappa shape index (κ3) is 3.10. The molecule has 0 fully saturated rings. The van der Waals surface area contributed by atoms with Gasteiger partial charge in [0.2, 0.25) is 11.7 Å². The van der Waals surface area contributed by atoms with Gasteiger partial charge in [-0.1, -0.05) is 0 Å². The highest BCUT2D eigenvalue weighted by Gasteiger charge is 2.22. The summed E-state index contributed by atoms with van der Waals surface area (Å²) in [4.78, 5) is 20.5. The first-order valence-electron chi connectivity index (χ1n) is 4.53. The second kappa shape index (κ2) is 5.19. The predicted molar refractivity (Wildman–Crippen MR) is 55.6 cm³/mol. The Labute approximate surface area is 94.8 Å². The van der Waals surface area contributed by atoms with Crippen LogP contribution in [0.25, 0.3) is 0 Å². The Kier molecular flexibility index (Phi) is 3.91. The first kappa shape index (κ1) is 12.8. The van der Waals surface area contributed by atoms with Gasteiger partial charge in [0, 0.05) is 19.2 Å². The number of nitro benzene ring substituents is 1. The van der Waals surface area contributed by atoms with Crippen LogP contribution in [-0.4, -0.2) is 24.4 Å². The maximum absolute atomic E-state index is 13.1. The molecular formula is C9H9F2N3O3. The maximum Gasteiger partial charge on any atom is 0.327 e. The van der Waals surface area contributed by atoms with Gasteiger partial charge in [-0.15, -0.1) is 0 Å². The summed E-state index contributed by atoms with van der Waals surface area (Å²) in [5, 5.41) is 15.1. The molecule has 0 saturated heterocycles. The molecule has 0 radical (unpaired) electrons. The van der Waals surface area contributed by atoms with Crippen LogP contribution in [0.2, 0.25) is 0 Å². The zero-order valence-electron chi connectivity index (χ0n) is 8.79. The minimum Gasteiger partial charge on any atom is -0.370 e. The van der Waals surface area contributed by atoms with E-state index in [1.54, 1.807) is 0 Å². The highest BCUT2D eigenvalue weighted by Crippen LogP contribution is 2.28. The number of rotatable bonds is 4. The molecule has 0 saturated carbocycles. The minimum atomic E-state index is -1.30. The number of nitro groups is 1. The second-order valence-electron chi connectivity index (χ2n) is 3.07. The molecule has 1 aromatic carbocycles. The number of benzene rings is 1. The topological polar surface area (TPSA) is 84.3 Å². The number of amides is 1. The SMILES string of the molecule is CNC(=O)CNc1cc(F)cc(F)c1[N+](=O)[O-]. The van der Waals surface area contributed by atoms with Crippen molar-refractivity contribution in [2.75, 3.05) is 18.9 Å². The number of anilines is 1. The third-order valence-electron chi connectivity index (χ3n) is 1.93. The smallest absolute Gasteiger partial charge is 0.327 e. The fourth-order valence-corrected chi connectivity index (χ4v) is 1.15. The van der Waals surface area contributed by atoms with Crippen LogP contribution in [0.5, 0.6) is 0 Å². The number of carbonyl (C=O) groups excluding carboxylic acids is 1. The van der Waals surface area contributed by atoms with Crippen LogP contribution in [0.3, 0.4) is 0 Å². The highest BCUT2D eigenvalue weighted by molar-refractivity contribution is 5.81. The zero-order chi connectivity index (χ0) is 13.0. The fourth-order valence-electron chi connectivity index (χ4n) is 1.15. The molecule has 8 heteroatoms. The number of nitrogens with one attached hydrogen (secondary N) is 2. The lowest BCUT2D eigenvalue weighted by atomic mass is 10.2. The maximum atomic E-state index is 13.1. The molecule has 1 rings (SSSR count). The van der Waals surface area contributed by atoms with Crippen molar-refractivity contribution in [3.05, 3.63) is 33.9 Å². The molecule has 17 heavy (non-hydrogen) atoms. The Balaban J connectivity index is 3.04. The van der Waals surface area contributed by atoms with E-state index in [2.05, 4.69) is 10.6 Å². The zero-order valence-corrected chi connectivity index (χ0v) is 8.79. The molecule has 2 N–H and O–H groups in total. The third-order valence-corrected chi connectivity index (χ3v) is 1.93. The predicted octanol–water partition coefficient (Wildman–Crippen LogP) is 1.03. The van der Waals surface area contributed by atoms with Gasteiger partial charge >= 0.3 is 5.69 Å². The van der Waals surface area contributed by atoms with Crippen LogP contribution < -0.4 is 10.6 Å². The van der Waals surface area contributed by atoms with Gasteiger partial charge in [-0.2, -0.15) is 4.39 Å². The van der Waals surface area contributed by atoms with E-state index in [9.17, 15) is 23.7 Å². The van der Waals surface area contributed by atoms with Crippen molar-refractivity contribution in [2.45, 2.75) is 0 Å². The molecule has 0 atom stereocenters. The summed E-state index contributed by atoms with van der Waals surface area (Å²) in [6.07, 6.45) is 0. The van der Waals surface area contributed by atoms with Crippen molar-refractivity contribution in [3.8, 4) is 0 Å². The Morgan fingerprint density at radius 1 is 1.47 bits per heavy atom. The van der Waals surface area contributed by atoms with Crippen LogP contribution in [0.15, 0.2) is 12.1 Å². The summed E-state index contributed by atoms with van der Waals surface area (Å²) in [6, 6.07) is 1.16.